The number of fused-ring (bicyclic) bond motifs is 1. The van der Waals surface area contributed by atoms with E-state index in [0.717, 1.165) is 24.3 Å². The molecule has 1 aromatic carbocycles. The van der Waals surface area contributed by atoms with E-state index in [-0.39, 0.29) is 35.4 Å². The highest BCUT2D eigenvalue weighted by Crippen LogP contribution is 2.28. The summed E-state index contributed by atoms with van der Waals surface area (Å²) in [5.41, 5.74) is 1.25. The molecule has 8 nitrogen and oxygen atoms in total. The largest absolute Gasteiger partial charge is 0.465 e. The van der Waals surface area contributed by atoms with Crippen molar-refractivity contribution in [1.82, 2.24) is 14.6 Å². The number of aromatic nitrogens is 1. The predicted octanol–water partition coefficient (Wildman–Crippen LogP) is 2.57. The Balaban J connectivity index is 1.30. The Kier molecular flexibility index (Phi) is 7.45. The van der Waals surface area contributed by atoms with Gasteiger partial charge in [-0.2, -0.15) is 4.31 Å². The number of amides is 1. The molecule has 2 aliphatic rings. The minimum atomic E-state index is -3.86. The Morgan fingerprint density at radius 1 is 1.18 bits per heavy atom. The van der Waals surface area contributed by atoms with Crippen molar-refractivity contribution in [2.75, 3.05) is 26.7 Å². The standard InChI is InChI=1S/C23H29N3O5S2/c1-31-23(28)17-6-2-5-9-20(17)33(29,30)26-14-11-16(12-15-26)22(27)24-13-10-21-25-18-7-3-4-8-19(18)32-21/h2,5-6,9,16H,3-4,7-8,10-15H2,1H3,(H,24,27). The maximum atomic E-state index is 13.1. The molecule has 1 aliphatic heterocycles. The van der Waals surface area contributed by atoms with Crippen molar-refractivity contribution in [3.8, 4) is 0 Å². The summed E-state index contributed by atoms with van der Waals surface area (Å²) >= 11 is 1.76. The van der Waals surface area contributed by atoms with Gasteiger partial charge in [0.05, 0.1) is 28.3 Å². The number of piperidine rings is 1. The van der Waals surface area contributed by atoms with Gasteiger partial charge < -0.3 is 10.1 Å². The summed E-state index contributed by atoms with van der Waals surface area (Å²) in [6.45, 7) is 1.00. The van der Waals surface area contributed by atoms with Gasteiger partial charge in [0.15, 0.2) is 0 Å². The van der Waals surface area contributed by atoms with Crippen molar-refractivity contribution in [2.24, 2.45) is 5.92 Å². The molecular formula is C23H29N3O5S2. The number of nitrogens with one attached hydrogen (secondary N) is 1. The van der Waals surface area contributed by atoms with E-state index in [2.05, 4.69) is 5.32 Å². The number of esters is 1. The van der Waals surface area contributed by atoms with Crippen LogP contribution in [0.1, 0.15) is 51.6 Å². The zero-order valence-electron chi connectivity index (χ0n) is 18.7. The smallest absolute Gasteiger partial charge is 0.339 e. The Labute approximate surface area is 198 Å². The molecule has 1 aliphatic carbocycles. The number of sulfonamides is 1. The molecule has 1 amide bonds. The maximum absolute atomic E-state index is 13.1. The van der Waals surface area contributed by atoms with Crippen LogP contribution in [-0.2, 0) is 38.8 Å². The molecule has 0 atom stereocenters. The van der Waals surface area contributed by atoms with E-state index in [1.54, 1.807) is 23.5 Å². The van der Waals surface area contributed by atoms with Crippen LogP contribution in [-0.4, -0.2) is 56.3 Å². The van der Waals surface area contributed by atoms with Gasteiger partial charge in [-0.1, -0.05) is 12.1 Å². The van der Waals surface area contributed by atoms with Gasteiger partial charge >= 0.3 is 5.97 Å². The zero-order chi connectivity index (χ0) is 23.4. The second kappa shape index (κ2) is 10.3. The number of thiazole rings is 1. The Morgan fingerprint density at radius 3 is 2.64 bits per heavy atom. The number of rotatable bonds is 7. The molecule has 10 heteroatoms. The molecule has 1 N–H and O–H groups in total. The van der Waals surface area contributed by atoms with Crippen LogP contribution in [0.15, 0.2) is 29.2 Å². The summed E-state index contributed by atoms with van der Waals surface area (Å²) in [4.78, 5) is 30.7. The SMILES string of the molecule is COC(=O)c1ccccc1S(=O)(=O)N1CCC(C(=O)NCCc2nc3c(s2)CCCC3)CC1. The van der Waals surface area contributed by atoms with Crippen LogP contribution in [0.3, 0.4) is 0 Å². The zero-order valence-corrected chi connectivity index (χ0v) is 20.3. The maximum Gasteiger partial charge on any atom is 0.339 e. The van der Waals surface area contributed by atoms with Crippen LogP contribution in [0.25, 0.3) is 0 Å². The molecule has 1 aromatic heterocycles. The molecule has 0 radical (unpaired) electrons. The normalized spacial score (nSPS) is 17.4. The molecule has 2 aromatic rings. The molecule has 1 fully saturated rings. The highest BCUT2D eigenvalue weighted by atomic mass is 32.2. The van der Waals surface area contributed by atoms with E-state index >= 15 is 0 Å². The van der Waals surface area contributed by atoms with Gasteiger partial charge in [-0.3, -0.25) is 4.79 Å². The summed E-state index contributed by atoms with van der Waals surface area (Å²) in [7, 11) is -2.64. The first-order valence-corrected chi connectivity index (χ1v) is 13.6. The third-order valence-corrected chi connectivity index (χ3v) is 9.44. The van der Waals surface area contributed by atoms with Crippen molar-refractivity contribution >= 4 is 33.2 Å². The van der Waals surface area contributed by atoms with E-state index < -0.39 is 16.0 Å². The van der Waals surface area contributed by atoms with Crippen molar-refractivity contribution in [3.63, 3.8) is 0 Å². The first-order chi connectivity index (χ1) is 15.9. The van der Waals surface area contributed by atoms with Crippen LogP contribution in [0.2, 0.25) is 0 Å². The van der Waals surface area contributed by atoms with E-state index in [4.69, 9.17) is 9.72 Å². The fourth-order valence-corrected chi connectivity index (χ4v) is 7.22. The van der Waals surface area contributed by atoms with Crippen LogP contribution < -0.4 is 5.32 Å². The molecule has 1 saturated heterocycles. The lowest BCUT2D eigenvalue weighted by Crippen LogP contribution is -2.43. The first kappa shape index (κ1) is 23.8. The highest BCUT2D eigenvalue weighted by molar-refractivity contribution is 7.89. The number of ether oxygens (including phenoxy) is 1. The lowest BCUT2D eigenvalue weighted by Gasteiger charge is -2.30. The van der Waals surface area contributed by atoms with Gasteiger partial charge in [0.25, 0.3) is 0 Å². The average molecular weight is 492 g/mol. The van der Waals surface area contributed by atoms with Gasteiger partial charge in [0.2, 0.25) is 15.9 Å². The van der Waals surface area contributed by atoms with Gasteiger partial charge in [-0.05, 0) is 50.7 Å². The third-order valence-electron chi connectivity index (χ3n) is 6.26. The van der Waals surface area contributed by atoms with Gasteiger partial charge in [-0.25, -0.2) is 18.2 Å². The number of nitrogens with zero attached hydrogens (tertiary/aromatic N) is 2. The van der Waals surface area contributed by atoms with Gasteiger partial charge in [-0.15, -0.1) is 11.3 Å². The number of benzene rings is 1. The summed E-state index contributed by atoms with van der Waals surface area (Å²) in [5.74, 6) is -0.954. The Bertz CT molecular complexity index is 1100. The molecule has 0 spiro atoms. The number of carbonyl (C=O) groups excluding carboxylic acids is 2. The monoisotopic (exact) mass is 491 g/mol. The van der Waals surface area contributed by atoms with Crippen molar-refractivity contribution < 1.29 is 22.7 Å². The summed E-state index contributed by atoms with van der Waals surface area (Å²) in [6, 6.07) is 6.04. The molecule has 4 rings (SSSR count). The second-order valence-electron chi connectivity index (χ2n) is 8.39. The van der Waals surface area contributed by atoms with E-state index in [1.165, 1.54) is 47.0 Å². The third kappa shape index (κ3) is 5.28. The number of hydrogen-bond donors (Lipinski definition) is 1. The second-order valence-corrected chi connectivity index (χ2v) is 11.5. The highest BCUT2D eigenvalue weighted by Gasteiger charge is 2.34. The molecule has 0 saturated carbocycles. The molecular weight excluding hydrogens is 462 g/mol. The summed E-state index contributed by atoms with van der Waals surface area (Å²) in [5, 5.41) is 4.07. The van der Waals surface area contributed by atoms with E-state index in [1.807, 2.05) is 0 Å². The topological polar surface area (TPSA) is 106 Å². The van der Waals surface area contributed by atoms with Crippen molar-refractivity contribution in [2.45, 2.75) is 49.8 Å². The van der Waals surface area contributed by atoms with Crippen LogP contribution in [0.4, 0.5) is 0 Å². The molecule has 33 heavy (non-hydrogen) atoms. The minimum Gasteiger partial charge on any atom is -0.465 e. The lowest BCUT2D eigenvalue weighted by molar-refractivity contribution is -0.126. The summed E-state index contributed by atoms with van der Waals surface area (Å²) in [6.07, 6.45) is 6.22. The Morgan fingerprint density at radius 2 is 1.91 bits per heavy atom. The average Bonchev–Trinajstić information content (AvgIpc) is 3.26. The molecule has 0 bridgehead atoms. The van der Waals surface area contributed by atoms with Crippen LogP contribution >= 0.6 is 11.3 Å². The molecule has 178 valence electrons. The fraction of sp³-hybridized carbons (Fsp3) is 0.522. The number of carbonyl (C=O) groups is 2. The van der Waals surface area contributed by atoms with Gasteiger partial charge in [0, 0.05) is 36.9 Å². The first-order valence-electron chi connectivity index (χ1n) is 11.3. The fourth-order valence-electron chi connectivity index (χ4n) is 4.42. The number of hydrogen-bond acceptors (Lipinski definition) is 7. The molecule has 0 unspecified atom stereocenters. The summed E-state index contributed by atoms with van der Waals surface area (Å²) < 4.78 is 32.3. The van der Waals surface area contributed by atoms with E-state index in [9.17, 15) is 18.0 Å². The number of methoxy groups -OCH3 is 1. The quantitative estimate of drug-likeness (QED) is 0.597. The van der Waals surface area contributed by atoms with Gasteiger partial charge in [0.1, 0.15) is 0 Å². The lowest BCUT2D eigenvalue weighted by atomic mass is 9.97. The number of aryl methyl sites for hydroxylation is 2. The van der Waals surface area contributed by atoms with Crippen molar-refractivity contribution in [1.29, 1.82) is 0 Å². The predicted molar refractivity (Wildman–Crippen MR) is 125 cm³/mol. The van der Waals surface area contributed by atoms with Crippen molar-refractivity contribution in [3.05, 3.63) is 45.4 Å². The van der Waals surface area contributed by atoms with Crippen LogP contribution in [0, 0.1) is 5.92 Å². The molecule has 2 heterocycles. The minimum absolute atomic E-state index is 0.0173. The van der Waals surface area contributed by atoms with Crippen LogP contribution in [0.5, 0.6) is 0 Å². The Hall–Kier alpha value is -2.30. The van der Waals surface area contributed by atoms with E-state index in [0.29, 0.717) is 19.4 Å².